The number of nitrogens with zero attached hydrogens (tertiary/aromatic N) is 4. The predicted octanol–water partition coefficient (Wildman–Crippen LogP) is 6.29. The zero-order chi connectivity index (χ0) is 28.4. The first kappa shape index (κ1) is 27.5. The van der Waals surface area contributed by atoms with E-state index >= 15 is 0 Å². The highest BCUT2D eigenvalue weighted by Gasteiger charge is 2.39. The van der Waals surface area contributed by atoms with E-state index in [-0.39, 0.29) is 34.8 Å². The van der Waals surface area contributed by atoms with Gasteiger partial charge in [-0.25, -0.2) is 9.97 Å². The van der Waals surface area contributed by atoms with Crippen molar-refractivity contribution in [2.45, 2.75) is 30.2 Å². The summed E-state index contributed by atoms with van der Waals surface area (Å²) >= 11 is 0.974. The topological polar surface area (TPSA) is 49.3 Å². The number of amides is 1. The van der Waals surface area contributed by atoms with Crippen molar-refractivity contribution < 1.29 is 18.0 Å². The lowest BCUT2D eigenvalue weighted by molar-refractivity contribution is -0.142. The number of thioether (sulfide) groups is 1. The van der Waals surface area contributed by atoms with Crippen LogP contribution in [0.4, 0.5) is 13.2 Å². The number of halogens is 3. The fourth-order valence-electron chi connectivity index (χ4n) is 5.78. The van der Waals surface area contributed by atoms with Gasteiger partial charge >= 0.3 is 6.18 Å². The number of benzene rings is 3. The highest BCUT2D eigenvalue weighted by atomic mass is 32.2. The Morgan fingerprint density at radius 1 is 0.805 bits per heavy atom. The number of aryl methyl sites for hydroxylation is 1. The second-order valence-corrected chi connectivity index (χ2v) is 11.2. The Morgan fingerprint density at radius 2 is 1.41 bits per heavy atom. The van der Waals surface area contributed by atoms with Crippen molar-refractivity contribution in [1.29, 1.82) is 0 Å². The molecular weight excluding hydrogens is 545 g/mol. The molecule has 2 aliphatic rings. The van der Waals surface area contributed by atoms with E-state index in [0.717, 1.165) is 17.3 Å². The van der Waals surface area contributed by atoms with E-state index in [2.05, 4.69) is 39.1 Å². The molecule has 3 aromatic carbocycles. The van der Waals surface area contributed by atoms with E-state index < -0.39 is 11.9 Å². The lowest BCUT2D eigenvalue weighted by Crippen LogP contribution is -2.50. The largest absolute Gasteiger partial charge is 0.433 e. The summed E-state index contributed by atoms with van der Waals surface area (Å²) in [4.78, 5) is 25.7. The number of hydrogen-bond donors (Lipinski definition) is 0. The zero-order valence-electron chi connectivity index (χ0n) is 22.3. The van der Waals surface area contributed by atoms with Gasteiger partial charge in [-0.1, -0.05) is 96.7 Å². The van der Waals surface area contributed by atoms with Crippen LogP contribution in [0.15, 0.2) is 90.1 Å². The molecule has 0 N–H and O–H groups in total. The molecule has 0 radical (unpaired) electrons. The number of alkyl halides is 3. The Bertz CT molecular complexity index is 1480. The number of piperazine rings is 1. The number of carbonyl (C=O) groups excluding carboxylic acids is 1. The molecule has 0 bridgehead atoms. The molecule has 1 amide bonds. The minimum absolute atomic E-state index is 0.0153. The van der Waals surface area contributed by atoms with Gasteiger partial charge in [0.2, 0.25) is 5.91 Å². The van der Waals surface area contributed by atoms with Crippen molar-refractivity contribution in [3.8, 4) is 11.3 Å². The summed E-state index contributed by atoms with van der Waals surface area (Å²) in [6.07, 6.45) is -3.84. The first-order valence-corrected chi connectivity index (χ1v) is 14.7. The van der Waals surface area contributed by atoms with Crippen molar-refractivity contribution in [2.24, 2.45) is 0 Å². The van der Waals surface area contributed by atoms with Gasteiger partial charge in [-0.05, 0) is 29.5 Å². The van der Waals surface area contributed by atoms with E-state index in [1.165, 1.54) is 11.1 Å². The Labute approximate surface area is 241 Å². The van der Waals surface area contributed by atoms with Gasteiger partial charge in [0.25, 0.3) is 0 Å². The van der Waals surface area contributed by atoms with Gasteiger partial charge in [0, 0.05) is 37.3 Å². The van der Waals surface area contributed by atoms with Crippen molar-refractivity contribution >= 4 is 17.7 Å². The van der Waals surface area contributed by atoms with Crippen LogP contribution < -0.4 is 0 Å². The zero-order valence-corrected chi connectivity index (χ0v) is 23.2. The number of carbonyl (C=O) groups is 1. The molecule has 1 fully saturated rings. The standard InChI is InChI=1S/C32H29F3N4OS/c33-32(34,35)30-26-16-15-22-9-7-8-14-25(22)28(26)36-31(37-30)41-21-27(40)38-17-19-39(20-18-38)29(23-10-3-1-4-11-23)24-12-5-2-6-13-24/h1-14,29H,15-21H2. The molecule has 0 atom stereocenters. The highest BCUT2D eigenvalue weighted by molar-refractivity contribution is 7.99. The molecule has 0 unspecified atom stereocenters. The Morgan fingerprint density at radius 3 is 2.05 bits per heavy atom. The van der Waals surface area contributed by atoms with Crippen LogP contribution in [0.2, 0.25) is 0 Å². The molecular formula is C32H29F3N4OS. The van der Waals surface area contributed by atoms with Crippen LogP contribution in [0.25, 0.3) is 11.3 Å². The molecule has 6 rings (SSSR count). The van der Waals surface area contributed by atoms with Gasteiger partial charge in [-0.3, -0.25) is 9.69 Å². The van der Waals surface area contributed by atoms with Crippen molar-refractivity contribution in [2.75, 3.05) is 31.9 Å². The maximum absolute atomic E-state index is 14.0. The molecule has 210 valence electrons. The summed E-state index contributed by atoms with van der Waals surface area (Å²) in [6.45, 7) is 2.47. The van der Waals surface area contributed by atoms with E-state index in [0.29, 0.717) is 43.9 Å². The van der Waals surface area contributed by atoms with Crippen LogP contribution in [0.1, 0.15) is 34.0 Å². The van der Waals surface area contributed by atoms with E-state index in [9.17, 15) is 18.0 Å². The predicted molar refractivity (Wildman–Crippen MR) is 153 cm³/mol. The molecule has 5 nitrogen and oxygen atoms in total. The van der Waals surface area contributed by atoms with Crippen LogP contribution in [-0.4, -0.2) is 57.6 Å². The molecule has 1 aromatic heterocycles. The lowest BCUT2D eigenvalue weighted by atomic mass is 9.88. The molecule has 2 heterocycles. The monoisotopic (exact) mass is 574 g/mol. The quantitative estimate of drug-likeness (QED) is 0.200. The number of fused-ring (bicyclic) bond motifs is 3. The van der Waals surface area contributed by atoms with Gasteiger partial charge in [0.05, 0.1) is 17.5 Å². The van der Waals surface area contributed by atoms with E-state index in [1.54, 1.807) is 17.0 Å². The van der Waals surface area contributed by atoms with Gasteiger partial charge < -0.3 is 4.90 Å². The van der Waals surface area contributed by atoms with Gasteiger partial charge in [-0.15, -0.1) is 0 Å². The summed E-state index contributed by atoms with van der Waals surface area (Å²) in [6, 6.07) is 28.1. The average molecular weight is 575 g/mol. The summed E-state index contributed by atoms with van der Waals surface area (Å²) < 4.78 is 42.0. The number of aromatic nitrogens is 2. The van der Waals surface area contributed by atoms with E-state index in [4.69, 9.17) is 0 Å². The third kappa shape index (κ3) is 5.87. The molecule has 1 aliphatic heterocycles. The lowest BCUT2D eigenvalue weighted by Gasteiger charge is -2.39. The fraction of sp³-hybridized carbons (Fsp3) is 0.281. The van der Waals surface area contributed by atoms with Crippen LogP contribution >= 0.6 is 11.8 Å². The molecule has 0 spiro atoms. The second-order valence-electron chi connectivity index (χ2n) is 10.3. The molecule has 1 aliphatic carbocycles. The summed E-state index contributed by atoms with van der Waals surface area (Å²) in [5.41, 5.74) is 3.63. The third-order valence-electron chi connectivity index (χ3n) is 7.76. The first-order valence-electron chi connectivity index (χ1n) is 13.7. The first-order chi connectivity index (χ1) is 19.9. The third-order valence-corrected chi connectivity index (χ3v) is 8.59. The van der Waals surface area contributed by atoms with Crippen molar-refractivity contribution in [3.05, 3.63) is 113 Å². The Hall–Kier alpha value is -3.69. The molecule has 4 aromatic rings. The minimum atomic E-state index is -4.59. The second kappa shape index (κ2) is 11.7. The normalized spacial score (nSPS) is 15.5. The summed E-state index contributed by atoms with van der Waals surface area (Å²) in [5.74, 6) is -0.140. The number of hydrogen-bond acceptors (Lipinski definition) is 5. The Balaban J connectivity index is 1.15. The number of rotatable bonds is 6. The minimum Gasteiger partial charge on any atom is -0.339 e. The van der Waals surface area contributed by atoms with Gasteiger partial charge in [0.1, 0.15) is 0 Å². The van der Waals surface area contributed by atoms with Crippen LogP contribution in [0.3, 0.4) is 0 Å². The maximum Gasteiger partial charge on any atom is 0.433 e. The van der Waals surface area contributed by atoms with Crippen LogP contribution in [0.5, 0.6) is 0 Å². The Kier molecular flexibility index (Phi) is 7.81. The van der Waals surface area contributed by atoms with Gasteiger partial charge in [-0.2, -0.15) is 13.2 Å². The van der Waals surface area contributed by atoms with Crippen molar-refractivity contribution in [1.82, 2.24) is 19.8 Å². The van der Waals surface area contributed by atoms with Crippen molar-refractivity contribution in [3.63, 3.8) is 0 Å². The maximum atomic E-state index is 14.0. The fourth-order valence-corrected chi connectivity index (χ4v) is 6.53. The summed E-state index contributed by atoms with van der Waals surface area (Å²) in [5, 5.41) is -0.0204. The van der Waals surface area contributed by atoms with E-state index in [1.807, 2.05) is 48.5 Å². The van der Waals surface area contributed by atoms with Crippen LogP contribution in [-0.2, 0) is 23.8 Å². The molecule has 9 heteroatoms. The van der Waals surface area contributed by atoms with Crippen LogP contribution in [0, 0.1) is 0 Å². The van der Waals surface area contributed by atoms with Gasteiger partial charge in [0.15, 0.2) is 10.9 Å². The molecule has 0 saturated carbocycles. The highest BCUT2D eigenvalue weighted by Crippen LogP contribution is 2.40. The molecule has 1 saturated heterocycles. The average Bonchev–Trinajstić information content (AvgIpc) is 3.00. The SMILES string of the molecule is O=C(CSc1nc2c(c(C(F)(F)F)n1)CCc1ccccc1-2)N1CCN(C(c2ccccc2)c2ccccc2)CC1. The smallest absolute Gasteiger partial charge is 0.339 e. The molecule has 41 heavy (non-hydrogen) atoms. The summed E-state index contributed by atoms with van der Waals surface area (Å²) in [7, 11) is 0.